The molecule has 0 saturated heterocycles. The topological polar surface area (TPSA) is 126 Å². The molecule has 1 aromatic carbocycles. The van der Waals surface area contributed by atoms with Gasteiger partial charge in [0.15, 0.2) is 11.5 Å². The van der Waals surface area contributed by atoms with Crippen LogP contribution in [0.3, 0.4) is 0 Å². The molecule has 184 valence electrons. The van der Waals surface area contributed by atoms with E-state index in [4.69, 9.17) is 28.1 Å². The predicted molar refractivity (Wildman–Crippen MR) is 124 cm³/mol. The quantitative estimate of drug-likeness (QED) is 0.553. The normalized spacial score (nSPS) is 21.7. The van der Waals surface area contributed by atoms with Crippen LogP contribution >= 0.6 is 0 Å². The zero-order valence-corrected chi connectivity index (χ0v) is 20.3. The Kier molecular flexibility index (Phi) is 6.96. The highest BCUT2D eigenvalue weighted by molar-refractivity contribution is 7.80. The van der Waals surface area contributed by atoms with E-state index < -0.39 is 16.5 Å². The molecule has 11 heteroatoms. The van der Waals surface area contributed by atoms with E-state index in [2.05, 4.69) is 4.98 Å². The van der Waals surface area contributed by atoms with Gasteiger partial charge in [0.2, 0.25) is 11.8 Å². The van der Waals surface area contributed by atoms with Crippen LogP contribution in [-0.4, -0.2) is 63.7 Å². The van der Waals surface area contributed by atoms with Crippen LogP contribution < -0.4 is 18.9 Å². The van der Waals surface area contributed by atoms with Gasteiger partial charge >= 0.3 is 10.4 Å². The summed E-state index contributed by atoms with van der Waals surface area (Å²) in [6, 6.07) is 7.26. The molecule has 10 nitrogen and oxygen atoms in total. The van der Waals surface area contributed by atoms with Crippen molar-refractivity contribution in [2.45, 2.75) is 44.2 Å². The van der Waals surface area contributed by atoms with Crippen molar-refractivity contribution in [2.24, 2.45) is 4.99 Å². The molecule has 3 atom stereocenters. The zero-order chi connectivity index (χ0) is 24.5. The molecular weight excluding hydrogens is 464 g/mol. The van der Waals surface area contributed by atoms with E-state index >= 15 is 0 Å². The monoisotopic (exact) mass is 492 g/mol. The second-order valence-electron chi connectivity index (χ2n) is 8.04. The van der Waals surface area contributed by atoms with Crippen LogP contribution in [0.25, 0.3) is 0 Å². The lowest BCUT2D eigenvalue weighted by atomic mass is 9.74. The van der Waals surface area contributed by atoms with Crippen molar-refractivity contribution < 1.29 is 36.1 Å². The Bertz CT molecular complexity index is 1200. The molecule has 1 saturated carbocycles. The van der Waals surface area contributed by atoms with Gasteiger partial charge < -0.3 is 18.9 Å². The summed E-state index contributed by atoms with van der Waals surface area (Å²) >= 11 is 0. The van der Waals surface area contributed by atoms with E-state index in [0.29, 0.717) is 60.4 Å². The fraction of sp³-hybridized carbons (Fsp3) is 0.478. The molecule has 1 aliphatic heterocycles. The highest BCUT2D eigenvalue weighted by Crippen LogP contribution is 2.46. The molecule has 0 bridgehead atoms. The standard InChI is InChI=1S/C23H28N2O8S/c1-5-32-20-11-15-16-10-13(33-34(26,27)28)6-8-18(16)24-22(17(15)12-19(20)29-2)14-7-9-21(30-3)25-23(14)31-4/h7,9,11-13,16,18H,5-6,8,10H2,1-4H3,(H,26,27,28)/t13-,16-,18-/m1/s1. The number of ether oxygens (including phenoxy) is 4. The largest absolute Gasteiger partial charge is 0.493 e. The molecular formula is C23H28N2O8S. The summed E-state index contributed by atoms with van der Waals surface area (Å²) in [5.74, 6) is 1.79. The first-order valence-corrected chi connectivity index (χ1v) is 12.3. The van der Waals surface area contributed by atoms with E-state index in [1.54, 1.807) is 13.2 Å². The van der Waals surface area contributed by atoms with Gasteiger partial charge in [-0.25, -0.2) is 4.18 Å². The first-order chi connectivity index (χ1) is 16.3. The van der Waals surface area contributed by atoms with Crippen molar-refractivity contribution >= 4 is 16.1 Å². The van der Waals surface area contributed by atoms with Crippen molar-refractivity contribution in [3.8, 4) is 23.3 Å². The Morgan fingerprint density at radius 1 is 1.03 bits per heavy atom. The van der Waals surface area contributed by atoms with Gasteiger partial charge in [-0.15, -0.1) is 0 Å². The fourth-order valence-corrected chi connectivity index (χ4v) is 5.22. The molecule has 2 heterocycles. The smallest absolute Gasteiger partial charge is 0.397 e. The van der Waals surface area contributed by atoms with Crippen molar-refractivity contribution in [1.82, 2.24) is 4.98 Å². The number of hydrogen-bond acceptors (Lipinski definition) is 9. The van der Waals surface area contributed by atoms with Crippen LogP contribution in [-0.2, 0) is 14.6 Å². The summed E-state index contributed by atoms with van der Waals surface area (Å²) in [4.78, 5) is 9.46. The minimum absolute atomic E-state index is 0.126. The van der Waals surface area contributed by atoms with Gasteiger partial charge in [0, 0.05) is 17.5 Å². The van der Waals surface area contributed by atoms with Crippen LogP contribution in [0.15, 0.2) is 29.3 Å². The van der Waals surface area contributed by atoms with E-state index in [9.17, 15) is 13.0 Å². The molecule has 1 N–H and O–H groups in total. The van der Waals surface area contributed by atoms with Crippen molar-refractivity contribution in [2.75, 3.05) is 27.9 Å². The molecule has 1 fully saturated rings. The number of benzene rings is 1. The highest BCUT2D eigenvalue weighted by Gasteiger charge is 2.40. The van der Waals surface area contributed by atoms with Gasteiger partial charge in [0.05, 0.1) is 51.4 Å². The second-order valence-corrected chi connectivity index (χ2v) is 9.09. The summed E-state index contributed by atoms with van der Waals surface area (Å²) in [6.45, 7) is 2.34. The summed E-state index contributed by atoms with van der Waals surface area (Å²) < 4.78 is 58.9. The van der Waals surface area contributed by atoms with Crippen LogP contribution in [0.1, 0.15) is 48.8 Å². The number of nitrogens with zero attached hydrogens (tertiary/aromatic N) is 2. The highest BCUT2D eigenvalue weighted by atomic mass is 32.3. The van der Waals surface area contributed by atoms with Crippen molar-refractivity contribution in [3.63, 3.8) is 0 Å². The number of hydrogen-bond donors (Lipinski definition) is 1. The Morgan fingerprint density at radius 3 is 2.47 bits per heavy atom. The molecule has 4 rings (SSSR count). The molecule has 2 aromatic rings. The van der Waals surface area contributed by atoms with Gasteiger partial charge in [-0.1, -0.05) is 0 Å². The maximum atomic E-state index is 11.3. The van der Waals surface area contributed by atoms with Gasteiger partial charge in [0.1, 0.15) is 0 Å². The van der Waals surface area contributed by atoms with Crippen molar-refractivity contribution in [3.05, 3.63) is 41.0 Å². The molecule has 0 unspecified atom stereocenters. The van der Waals surface area contributed by atoms with Crippen LogP contribution in [0.2, 0.25) is 0 Å². The third kappa shape index (κ3) is 4.82. The lowest BCUT2D eigenvalue weighted by molar-refractivity contribution is 0.124. The Hall–Kier alpha value is -2.89. The van der Waals surface area contributed by atoms with Crippen LogP contribution in [0.4, 0.5) is 0 Å². The number of pyridine rings is 1. The van der Waals surface area contributed by atoms with Gasteiger partial charge in [-0.2, -0.15) is 13.4 Å². The Morgan fingerprint density at radius 2 is 1.82 bits per heavy atom. The lowest BCUT2D eigenvalue weighted by Crippen LogP contribution is -2.36. The molecule has 0 amide bonds. The molecule has 1 aromatic heterocycles. The van der Waals surface area contributed by atoms with Crippen molar-refractivity contribution in [1.29, 1.82) is 0 Å². The second kappa shape index (κ2) is 9.77. The fourth-order valence-electron chi connectivity index (χ4n) is 4.70. The Balaban J connectivity index is 1.85. The lowest BCUT2D eigenvalue weighted by Gasteiger charge is -2.38. The maximum Gasteiger partial charge on any atom is 0.397 e. The number of aliphatic imine (C=N–C) groups is 1. The number of fused-ring (bicyclic) bond motifs is 3. The number of rotatable bonds is 8. The summed E-state index contributed by atoms with van der Waals surface area (Å²) in [5, 5.41) is 0. The van der Waals surface area contributed by atoms with E-state index in [1.165, 1.54) is 14.2 Å². The third-order valence-electron chi connectivity index (χ3n) is 6.10. The molecule has 0 spiro atoms. The van der Waals surface area contributed by atoms with Crippen LogP contribution in [0.5, 0.6) is 23.3 Å². The average Bonchev–Trinajstić information content (AvgIpc) is 2.82. The van der Waals surface area contributed by atoms with Gasteiger partial charge in [0.25, 0.3) is 0 Å². The number of aromatic nitrogens is 1. The minimum atomic E-state index is -4.55. The van der Waals surface area contributed by atoms with Crippen LogP contribution in [0, 0.1) is 0 Å². The first kappa shape index (κ1) is 24.2. The maximum absolute atomic E-state index is 11.3. The summed E-state index contributed by atoms with van der Waals surface area (Å²) in [5.41, 5.74) is 3.13. The molecule has 34 heavy (non-hydrogen) atoms. The Labute approximate surface area is 198 Å². The molecule has 1 aliphatic carbocycles. The number of methoxy groups -OCH3 is 3. The molecule has 2 aliphatic rings. The summed E-state index contributed by atoms with van der Waals surface area (Å²) in [6.07, 6.45) is 0.759. The van der Waals surface area contributed by atoms with E-state index in [-0.39, 0.29) is 12.0 Å². The SMILES string of the molecule is CCOc1cc2c(cc1OC)C(c1ccc(OC)nc1OC)=N[C@@H]1CC[C@@H](OS(=O)(=O)O)C[C@H]21. The third-order valence-corrected chi connectivity index (χ3v) is 6.62. The minimum Gasteiger partial charge on any atom is -0.493 e. The first-order valence-electron chi connectivity index (χ1n) is 11.0. The predicted octanol–water partition coefficient (Wildman–Crippen LogP) is 3.18. The zero-order valence-electron chi connectivity index (χ0n) is 19.5. The molecule has 0 radical (unpaired) electrons. The van der Waals surface area contributed by atoms with E-state index in [0.717, 1.165) is 11.1 Å². The average molecular weight is 493 g/mol. The summed E-state index contributed by atoms with van der Waals surface area (Å²) in [7, 11) is 0.0864. The van der Waals surface area contributed by atoms with Gasteiger partial charge in [-0.05, 0) is 49.9 Å². The van der Waals surface area contributed by atoms with E-state index in [1.807, 2.05) is 25.1 Å². The van der Waals surface area contributed by atoms with Gasteiger partial charge in [-0.3, -0.25) is 9.55 Å².